The minimum absolute atomic E-state index is 0. The Balaban J connectivity index is 0.00000140. The molecule has 6 nitrogen and oxygen atoms in total. The Kier molecular flexibility index (Phi) is 9.06. The minimum atomic E-state index is 0. The molecule has 2 heterocycles. The molecular formula is C20H35Cl2N5O. The van der Waals surface area contributed by atoms with Crippen molar-refractivity contribution in [1.29, 1.82) is 0 Å². The van der Waals surface area contributed by atoms with E-state index in [-0.39, 0.29) is 36.6 Å². The average molecular weight is 432 g/mol. The summed E-state index contributed by atoms with van der Waals surface area (Å²) in [5.74, 6) is 1.25. The molecule has 2 aliphatic carbocycles. The zero-order valence-electron chi connectivity index (χ0n) is 16.6. The van der Waals surface area contributed by atoms with E-state index >= 15 is 0 Å². The fraction of sp³-hybridized carbons (Fsp3) is 0.800. The molecule has 0 spiro atoms. The zero-order valence-corrected chi connectivity index (χ0v) is 18.3. The summed E-state index contributed by atoms with van der Waals surface area (Å²) in [4.78, 5) is 14.6. The number of nitrogens with two attached hydrogens (primary N) is 1. The summed E-state index contributed by atoms with van der Waals surface area (Å²) in [5.41, 5.74) is 8.34. The molecular weight excluding hydrogens is 397 g/mol. The number of aromatic nitrogens is 2. The maximum absolute atomic E-state index is 12.0. The van der Waals surface area contributed by atoms with Crippen LogP contribution in [0.2, 0.25) is 0 Å². The molecule has 0 bridgehead atoms. The summed E-state index contributed by atoms with van der Waals surface area (Å²) in [6.07, 6.45) is 9.35. The van der Waals surface area contributed by atoms with Crippen LogP contribution >= 0.6 is 24.8 Å². The first-order chi connectivity index (χ1) is 12.7. The average Bonchev–Trinajstić information content (AvgIpc) is 2.86. The first-order valence-electron chi connectivity index (χ1n) is 10.5. The Labute approximate surface area is 180 Å². The van der Waals surface area contributed by atoms with Gasteiger partial charge in [-0.2, -0.15) is 5.10 Å². The molecule has 1 aromatic rings. The Bertz CT molecular complexity index is 626. The monoisotopic (exact) mass is 431 g/mol. The second-order valence-corrected chi connectivity index (χ2v) is 8.57. The SMILES string of the molecule is Cl.Cl.NC1CCC(CN2CCCn3nc(CNC(=O)C4CCC4)cc3C2)CC1. The van der Waals surface area contributed by atoms with Gasteiger partial charge in [0.05, 0.1) is 17.9 Å². The van der Waals surface area contributed by atoms with Crippen LogP contribution in [0.15, 0.2) is 6.07 Å². The molecule has 0 radical (unpaired) electrons. The summed E-state index contributed by atoms with van der Waals surface area (Å²) >= 11 is 0. The van der Waals surface area contributed by atoms with E-state index < -0.39 is 0 Å². The van der Waals surface area contributed by atoms with Crippen molar-refractivity contribution >= 4 is 30.7 Å². The van der Waals surface area contributed by atoms with Crippen LogP contribution in [-0.4, -0.2) is 39.7 Å². The highest BCUT2D eigenvalue weighted by atomic mass is 35.5. The van der Waals surface area contributed by atoms with Gasteiger partial charge in [0.15, 0.2) is 0 Å². The number of hydrogen-bond acceptors (Lipinski definition) is 4. The number of nitrogens with zero attached hydrogens (tertiary/aromatic N) is 3. The van der Waals surface area contributed by atoms with Crippen molar-refractivity contribution in [3.8, 4) is 0 Å². The van der Waals surface area contributed by atoms with E-state index in [1.165, 1.54) is 44.3 Å². The number of fused-ring (bicyclic) bond motifs is 1. The molecule has 0 aromatic carbocycles. The number of hydrogen-bond donors (Lipinski definition) is 2. The van der Waals surface area contributed by atoms with Crippen molar-refractivity contribution in [3.63, 3.8) is 0 Å². The highest BCUT2D eigenvalue weighted by Crippen LogP contribution is 2.27. The van der Waals surface area contributed by atoms with E-state index in [2.05, 4.69) is 21.0 Å². The van der Waals surface area contributed by atoms with Crippen LogP contribution in [0.1, 0.15) is 62.8 Å². The lowest BCUT2D eigenvalue weighted by Crippen LogP contribution is -2.34. The van der Waals surface area contributed by atoms with Gasteiger partial charge >= 0.3 is 0 Å². The number of amides is 1. The van der Waals surface area contributed by atoms with Gasteiger partial charge in [-0.05, 0) is 56.9 Å². The zero-order chi connectivity index (χ0) is 17.9. The van der Waals surface area contributed by atoms with Crippen molar-refractivity contribution in [1.82, 2.24) is 20.0 Å². The third-order valence-corrected chi connectivity index (χ3v) is 6.47. The van der Waals surface area contributed by atoms with E-state index in [0.717, 1.165) is 50.5 Å². The van der Waals surface area contributed by atoms with E-state index in [1.54, 1.807) is 0 Å². The first kappa shape index (κ1) is 23.5. The largest absolute Gasteiger partial charge is 0.350 e. The summed E-state index contributed by atoms with van der Waals surface area (Å²) in [6.45, 7) is 4.87. The summed E-state index contributed by atoms with van der Waals surface area (Å²) < 4.78 is 2.15. The molecule has 2 fully saturated rings. The van der Waals surface area contributed by atoms with Crippen molar-refractivity contribution in [3.05, 3.63) is 17.5 Å². The normalized spacial score (nSPS) is 25.5. The molecule has 4 rings (SSSR count). The molecule has 0 unspecified atom stereocenters. The molecule has 8 heteroatoms. The Morgan fingerprint density at radius 1 is 1.11 bits per heavy atom. The maximum atomic E-state index is 12.0. The fourth-order valence-electron chi connectivity index (χ4n) is 4.56. The second kappa shape index (κ2) is 10.8. The topological polar surface area (TPSA) is 76.2 Å². The standard InChI is InChI=1S/C20H33N5O.2ClH/c21-17-7-5-15(6-8-17)13-24-9-2-10-25-19(14-24)11-18(23-25)12-22-20(26)16-3-1-4-16;;/h11,15-17H,1-10,12-14,21H2,(H,22,26);2*1H. The molecule has 0 atom stereocenters. The van der Waals surface area contributed by atoms with Crippen LogP contribution in [0, 0.1) is 11.8 Å². The quantitative estimate of drug-likeness (QED) is 0.750. The molecule has 1 aromatic heterocycles. The van der Waals surface area contributed by atoms with Gasteiger partial charge in [-0.1, -0.05) is 6.42 Å². The van der Waals surface area contributed by atoms with Crippen LogP contribution < -0.4 is 11.1 Å². The van der Waals surface area contributed by atoms with Gasteiger partial charge in [0, 0.05) is 38.1 Å². The van der Waals surface area contributed by atoms with E-state index in [9.17, 15) is 4.79 Å². The molecule has 0 saturated heterocycles. The van der Waals surface area contributed by atoms with Crippen LogP contribution in [0.25, 0.3) is 0 Å². The lowest BCUT2D eigenvalue weighted by molar-refractivity contribution is -0.127. The highest BCUT2D eigenvalue weighted by molar-refractivity contribution is 5.85. The molecule has 3 aliphatic rings. The summed E-state index contributed by atoms with van der Waals surface area (Å²) in [6, 6.07) is 2.62. The third-order valence-electron chi connectivity index (χ3n) is 6.47. The molecule has 1 amide bonds. The van der Waals surface area contributed by atoms with Gasteiger partial charge in [0.2, 0.25) is 5.91 Å². The lowest BCUT2D eigenvalue weighted by Gasteiger charge is -2.30. The number of nitrogens with one attached hydrogen (secondary N) is 1. The number of halogens is 2. The van der Waals surface area contributed by atoms with E-state index in [4.69, 9.17) is 10.8 Å². The number of rotatable bonds is 5. The lowest BCUT2D eigenvalue weighted by atomic mass is 9.85. The third kappa shape index (κ3) is 5.85. The molecule has 160 valence electrons. The van der Waals surface area contributed by atoms with Crippen molar-refractivity contribution in [2.24, 2.45) is 17.6 Å². The molecule has 3 N–H and O–H groups in total. The van der Waals surface area contributed by atoms with Crippen molar-refractivity contribution in [2.75, 3.05) is 13.1 Å². The van der Waals surface area contributed by atoms with Crippen LogP contribution in [0.5, 0.6) is 0 Å². The van der Waals surface area contributed by atoms with Gasteiger partial charge in [0.1, 0.15) is 0 Å². The van der Waals surface area contributed by atoms with Gasteiger partial charge < -0.3 is 11.1 Å². The minimum Gasteiger partial charge on any atom is -0.350 e. The summed E-state index contributed by atoms with van der Waals surface area (Å²) in [7, 11) is 0. The van der Waals surface area contributed by atoms with Gasteiger partial charge in [-0.15, -0.1) is 24.8 Å². The second-order valence-electron chi connectivity index (χ2n) is 8.57. The maximum Gasteiger partial charge on any atom is 0.223 e. The van der Waals surface area contributed by atoms with Gasteiger partial charge in [0.25, 0.3) is 0 Å². The molecule has 2 saturated carbocycles. The Hall–Kier alpha value is -0.820. The van der Waals surface area contributed by atoms with E-state index in [1.807, 2.05) is 0 Å². The van der Waals surface area contributed by atoms with Crippen LogP contribution in [0.3, 0.4) is 0 Å². The molecule has 28 heavy (non-hydrogen) atoms. The van der Waals surface area contributed by atoms with Crippen molar-refractivity contribution < 1.29 is 4.79 Å². The van der Waals surface area contributed by atoms with Crippen LogP contribution in [0.4, 0.5) is 0 Å². The number of aryl methyl sites for hydroxylation is 1. The first-order valence-corrected chi connectivity index (χ1v) is 10.5. The van der Waals surface area contributed by atoms with Gasteiger partial charge in [-0.25, -0.2) is 0 Å². The number of carbonyl (C=O) groups is 1. The Morgan fingerprint density at radius 2 is 1.86 bits per heavy atom. The predicted molar refractivity (Wildman–Crippen MR) is 116 cm³/mol. The Morgan fingerprint density at radius 3 is 2.54 bits per heavy atom. The highest BCUT2D eigenvalue weighted by Gasteiger charge is 2.26. The summed E-state index contributed by atoms with van der Waals surface area (Å²) in [5, 5.41) is 7.80. The van der Waals surface area contributed by atoms with Gasteiger partial charge in [-0.3, -0.25) is 14.4 Å². The number of carbonyl (C=O) groups excluding carboxylic acids is 1. The van der Waals surface area contributed by atoms with Crippen LogP contribution in [-0.2, 0) is 24.4 Å². The smallest absolute Gasteiger partial charge is 0.223 e. The van der Waals surface area contributed by atoms with E-state index in [0.29, 0.717) is 12.6 Å². The predicted octanol–water partition coefficient (Wildman–Crippen LogP) is 2.87. The van der Waals surface area contributed by atoms with Crippen molar-refractivity contribution in [2.45, 2.75) is 77.0 Å². The molecule has 1 aliphatic heterocycles. The fourth-order valence-corrected chi connectivity index (χ4v) is 4.56.